The maximum absolute atomic E-state index is 12.0. The van der Waals surface area contributed by atoms with Crippen LogP contribution in [-0.2, 0) is 38.6 Å². The Hall–Kier alpha value is -5.31. The maximum atomic E-state index is 12.0. The monoisotopic (exact) mass is 879 g/mol. The molecule has 8 heteroatoms. The van der Waals surface area contributed by atoms with Gasteiger partial charge in [0.1, 0.15) is 6.54 Å². The van der Waals surface area contributed by atoms with Crippen molar-refractivity contribution in [3.8, 4) is 0 Å². The second kappa shape index (κ2) is 18.7. The molecule has 0 fully saturated rings. The van der Waals surface area contributed by atoms with Crippen LogP contribution in [0.25, 0.3) is 27.1 Å². The number of carbonyl (C=O) groups is 1. The van der Waals surface area contributed by atoms with Gasteiger partial charge in [0.15, 0.2) is 5.71 Å². The Morgan fingerprint density at radius 2 is 1.52 bits per heavy atom. The number of aryl methyl sites for hydroxylation is 5. The summed E-state index contributed by atoms with van der Waals surface area (Å²) in [5.41, 5.74) is 14.8. The van der Waals surface area contributed by atoms with Crippen LogP contribution in [0.5, 0.6) is 0 Å². The van der Waals surface area contributed by atoms with E-state index in [1.54, 1.807) is 0 Å². The Morgan fingerprint density at radius 1 is 0.797 bits per heavy atom. The van der Waals surface area contributed by atoms with Crippen molar-refractivity contribution in [1.82, 2.24) is 0 Å². The molecular weight excluding hydrogens is 813 g/mol. The highest BCUT2D eigenvalue weighted by Gasteiger charge is 2.46. The number of anilines is 1. The summed E-state index contributed by atoms with van der Waals surface area (Å²) in [4.78, 5) is 13.8. The van der Waals surface area contributed by atoms with Crippen molar-refractivity contribution >= 4 is 60.3 Å². The van der Waals surface area contributed by atoms with Crippen LogP contribution >= 0.6 is 0 Å². The quantitative estimate of drug-likeness (QED) is 0.0418. The van der Waals surface area contributed by atoms with Crippen molar-refractivity contribution in [3.63, 3.8) is 0 Å². The van der Waals surface area contributed by atoms with Crippen LogP contribution < -0.4 is 4.90 Å². The van der Waals surface area contributed by atoms with Crippen molar-refractivity contribution in [2.45, 2.75) is 125 Å². The molecule has 2 heterocycles. The Bertz CT molecular complexity index is 2880. The van der Waals surface area contributed by atoms with Gasteiger partial charge in [-0.05, 0) is 146 Å². The van der Waals surface area contributed by atoms with Gasteiger partial charge in [-0.1, -0.05) is 106 Å². The summed E-state index contributed by atoms with van der Waals surface area (Å²) >= 11 is 0. The topological polar surface area (TPSA) is 97.9 Å². The molecule has 2 aliphatic heterocycles. The van der Waals surface area contributed by atoms with E-state index >= 15 is 0 Å². The Labute approximate surface area is 381 Å². The summed E-state index contributed by atoms with van der Waals surface area (Å²) in [5, 5.41) is 14.3. The van der Waals surface area contributed by atoms with E-state index in [0.29, 0.717) is 13.0 Å². The van der Waals surface area contributed by atoms with Gasteiger partial charge in [0, 0.05) is 53.9 Å². The van der Waals surface area contributed by atoms with Gasteiger partial charge in [-0.25, -0.2) is 0 Å². The molecule has 0 amide bonds. The molecule has 0 spiro atoms. The molecule has 0 aromatic heterocycles. The minimum absolute atomic E-state index is 0.161. The van der Waals surface area contributed by atoms with Crippen molar-refractivity contribution in [2.24, 2.45) is 0 Å². The Kier molecular flexibility index (Phi) is 13.6. The van der Waals surface area contributed by atoms with Gasteiger partial charge < -0.3 is 10.0 Å². The van der Waals surface area contributed by atoms with Crippen LogP contribution in [0.4, 0.5) is 11.4 Å². The van der Waals surface area contributed by atoms with Gasteiger partial charge in [0.25, 0.3) is 10.1 Å². The molecule has 0 unspecified atom stereocenters. The fourth-order valence-corrected chi connectivity index (χ4v) is 11.1. The van der Waals surface area contributed by atoms with E-state index in [-0.39, 0.29) is 24.0 Å². The van der Waals surface area contributed by atoms with Crippen molar-refractivity contribution < 1.29 is 27.4 Å². The molecule has 7 rings (SSSR count). The average Bonchev–Trinajstić information content (AvgIpc) is 3.58. The van der Waals surface area contributed by atoms with Gasteiger partial charge in [0.05, 0.1) is 11.2 Å². The summed E-state index contributed by atoms with van der Waals surface area (Å²) in [6, 6.07) is 26.8. The van der Waals surface area contributed by atoms with E-state index in [1.807, 2.05) is 0 Å². The molecule has 2 N–H and O–H groups in total. The zero-order valence-corrected chi connectivity index (χ0v) is 40.3. The molecule has 5 aromatic rings. The van der Waals surface area contributed by atoms with Gasteiger partial charge >= 0.3 is 5.97 Å². The molecule has 2 aliphatic rings. The molecular formula is C56H67N2O5S+. The number of fused-ring (bicyclic) bond motifs is 6. The lowest BCUT2D eigenvalue weighted by Crippen LogP contribution is -2.28. The van der Waals surface area contributed by atoms with Gasteiger partial charge in [-0.2, -0.15) is 13.0 Å². The predicted octanol–water partition coefficient (Wildman–Crippen LogP) is 13.1. The maximum Gasteiger partial charge on any atom is 0.303 e. The average molecular weight is 880 g/mol. The highest BCUT2D eigenvalue weighted by Crippen LogP contribution is 2.52. The van der Waals surface area contributed by atoms with E-state index in [9.17, 15) is 22.9 Å². The van der Waals surface area contributed by atoms with Crippen LogP contribution in [0.3, 0.4) is 0 Å². The zero-order chi connectivity index (χ0) is 46.1. The number of benzene rings is 5. The number of aliphatic carboxylic acids is 1. The number of carboxylic acids is 1. The number of hydrogen-bond donors (Lipinski definition) is 2. The first-order valence-electron chi connectivity index (χ1n) is 23.3. The molecule has 0 radical (unpaired) electrons. The molecule has 336 valence electrons. The second-order valence-electron chi connectivity index (χ2n) is 19.2. The number of allylic oxidation sites excluding steroid dienone is 6. The smallest absolute Gasteiger partial charge is 0.303 e. The number of rotatable bonds is 17. The Morgan fingerprint density at radius 3 is 2.22 bits per heavy atom. The summed E-state index contributed by atoms with van der Waals surface area (Å²) < 4.78 is 36.0. The van der Waals surface area contributed by atoms with E-state index < -0.39 is 21.5 Å². The third-order valence-electron chi connectivity index (χ3n) is 13.6. The van der Waals surface area contributed by atoms with Gasteiger partial charge in [-0.3, -0.25) is 9.35 Å². The van der Waals surface area contributed by atoms with E-state index in [0.717, 1.165) is 66.7 Å². The number of unbranched alkanes of at least 4 members (excludes halogenated alkanes) is 2. The van der Waals surface area contributed by atoms with Gasteiger partial charge in [-0.15, -0.1) is 0 Å². The summed E-state index contributed by atoms with van der Waals surface area (Å²) in [5.74, 6) is -1.09. The van der Waals surface area contributed by atoms with Crippen molar-refractivity contribution in [3.05, 3.63) is 147 Å². The molecule has 7 nitrogen and oxygen atoms in total. The van der Waals surface area contributed by atoms with Crippen LogP contribution in [0.1, 0.15) is 125 Å². The molecule has 0 saturated carbocycles. The first kappa shape index (κ1) is 46.7. The number of hydrogen-bond acceptors (Lipinski definition) is 4. The van der Waals surface area contributed by atoms with Gasteiger partial charge in [0.2, 0.25) is 5.69 Å². The summed E-state index contributed by atoms with van der Waals surface area (Å²) in [6.07, 6.45) is 14.8. The number of carboxylic acid groups (broad SMARTS) is 1. The van der Waals surface area contributed by atoms with Crippen molar-refractivity contribution in [1.29, 1.82) is 0 Å². The molecule has 0 aliphatic carbocycles. The highest BCUT2D eigenvalue weighted by molar-refractivity contribution is 7.85. The zero-order valence-electron chi connectivity index (χ0n) is 39.4. The lowest BCUT2D eigenvalue weighted by atomic mass is 9.78. The number of nitrogens with zero attached hydrogens (tertiary/aromatic N) is 2. The van der Waals surface area contributed by atoms with E-state index in [4.69, 9.17) is 0 Å². The lowest BCUT2D eigenvalue weighted by molar-refractivity contribution is -0.437. The Balaban J connectivity index is 1.40. The fraction of sp³-hybridized carbons (Fsp3) is 0.393. The highest BCUT2D eigenvalue weighted by atomic mass is 32.2. The minimum Gasteiger partial charge on any atom is -0.481 e. The minimum atomic E-state index is -4.14. The predicted molar refractivity (Wildman–Crippen MR) is 267 cm³/mol. The first-order valence-corrected chi connectivity index (χ1v) is 24.9. The summed E-state index contributed by atoms with van der Waals surface area (Å²) in [6.45, 7) is 21.6. The normalized spacial score (nSPS) is 16.5. The standard InChI is InChI=1S/C56H66N2O5S/c1-10-12-29-57-49-26-24-45-41(11-2)33-38(4)35-47(45)54(49)56(8,9)50(57)27-21-42(43-19-15-18-40(36-43)17-13-14-20-52(59)60)22-28-51-55(6,7)53-46-34-37(3)32-39(5)44(46)23-25-48(53)58(51)30-16-31-64(61,62)63/h15,18-19,21-28,32-36H,10-14,16-17,20,29-31H2,1-9H3,(H-,59,60,61,62,63)/p+1. The summed E-state index contributed by atoms with van der Waals surface area (Å²) in [7, 11) is -4.14. The fourth-order valence-electron chi connectivity index (χ4n) is 10.6. The third kappa shape index (κ3) is 9.41. The second-order valence-corrected chi connectivity index (χ2v) is 20.8. The molecule has 0 bridgehead atoms. The largest absolute Gasteiger partial charge is 0.481 e. The molecule has 64 heavy (non-hydrogen) atoms. The SMILES string of the molecule is CCCCN1C(=CC=C(C=CC2=[N+](CCCS(=O)(=O)O)c3ccc4c(C)cc(C)cc4c3C2(C)C)c2cccc(CCCCC(=O)O)c2)C(C)(C)c2c1ccc1c(CC)cc(C)cc21. The van der Waals surface area contributed by atoms with Crippen LogP contribution in [0.15, 0.2) is 103 Å². The molecule has 0 saturated heterocycles. The molecule has 0 atom stereocenters. The lowest BCUT2D eigenvalue weighted by Gasteiger charge is -2.27. The third-order valence-corrected chi connectivity index (χ3v) is 14.4. The van der Waals surface area contributed by atoms with Crippen molar-refractivity contribution in [2.75, 3.05) is 23.7 Å². The van der Waals surface area contributed by atoms with Crippen LogP contribution in [0, 0.1) is 20.8 Å². The van der Waals surface area contributed by atoms with Crippen LogP contribution in [0.2, 0.25) is 0 Å². The van der Waals surface area contributed by atoms with Crippen LogP contribution in [-0.4, -0.2) is 53.2 Å². The first-order chi connectivity index (χ1) is 30.3. The molecule has 5 aromatic carbocycles. The van der Waals surface area contributed by atoms with E-state index in [1.165, 1.54) is 66.3 Å². The van der Waals surface area contributed by atoms with E-state index in [2.05, 4.69) is 169 Å².